The van der Waals surface area contributed by atoms with Gasteiger partial charge in [0.1, 0.15) is 24.0 Å². The first-order valence-electron chi connectivity index (χ1n) is 24.4. The zero-order valence-electron chi connectivity index (χ0n) is 41.5. The van der Waals surface area contributed by atoms with Crippen molar-refractivity contribution in [2.75, 3.05) is 32.9 Å². The predicted molar refractivity (Wildman–Crippen MR) is 265 cm³/mol. The normalized spacial score (nSPS) is 13.4. The van der Waals surface area contributed by atoms with Gasteiger partial charge < -0.3 is 20.1 Å². The number of carbonyl (C=O) groups excluding carboxylic acids is 5. The van der Waals surface area contributed by atoms with Crippen molar-refractivity contribution in [3.8, 4) is 0 Å². The molecular weight excluding hydrogens is 777 g/mol. The van der Waals surface area contributed by atoms with Crippen molar-refractivity contribution in [2.24, 2.45) is 11.3 Å². The highest BCUT2D eigenvalue weighted by atomic mass is 16.6. The van der Waals surface area contributed by atoms with Gasteiger partial charge in [-0.05, 0) is 103 Å². The van der Waals surface area contributed by atoms with Gasteiger partial charge in [0.25, 0.3) is 0 Å². The van der Waals surface area contributed by atoms with Gasteiger partial charge in [0.05, 0.1) is 13.2 Å². The maximum Gasteiger partial charge on any atom is 0.333 e. The molecule has 4 atom stereocenters. The van der Waals surface area contributed by atoms with Crippen LogP contribution in [0.5, 0.6) is 0 Å². The van der Waals surface area contributed by atoms with Crippen LogP contribution in [0.1, 0.15) is 206 Å². The smallest absolute Gasteiger partial charge is 0.333 e. The predicted octanol–water partition coefficient (Wildman–Crippen LogP) is 12.8. The van der Waals surface area contributed by atoms with E-state index in [4.69, 9.17) is 9.47 Å². The van der Waals surface area contributed by atoms with Crippen LogP contribution in [0.15, 0.2) is 48.6 Å². The molecule has 0 fully saturated rings. The minimum Gasteiger partial charge on any atom is -0.460 e. The van der Waals surface area contributed by atoms with Crippen LogP contribution in [-0.4, -0.2) is 74.1 Å². The van der Waals surface area contributed by atoms with Gasteiger partial charge in [-0.1, -0.05) is 110 Å². The minimum atomic E-state index is -0.430. The highest BCUT2D eigenvalue weighted by Crippen LogP contribution is 2.39. The summed E-state index contributed by atoms with van der Waals surface area (Å²) in [7, 11) is 0. The molecule has 2 N–H and O–H groups in total. The molecule has 0 aromatic heterocycles. The Hall–Kier alpha value is -3.01. The number of nitrogens with one attached hydrogen (secondary N) is 2. The van der Waals surface area contributed by atoms with Crippen molar-refractivity contribution in [1.29, 1.82) is 0 Å². The summed E-state index contributed by atoms with van der Waals surface area (Å²) in [6.07, 6.45) is 17.8. The first-order valence-corrected chi connectivity index (χ1v) is 24.4. The van der Waals surface area contributed by atoms with E-state index < -0.39 is 5.97 Å². The minimum absolute atomic E-state index is 0. The van der Waals surface area contributed by atoms with E-state index in [-0.39, 0.29) is 44.0 Å². The third-order valence-corrected chi connectivity index (χ3v) is 12.0. The van der Waals surface area contributed by atoms with Gasteiger partial charge in [-0.3, -0.25) is 19.2 Å². The summed E-state index contributed by atoms with van der Waals surface area (Å²) in [6.45, 7) is 35.4. The Bertz CT molecular complexity index is 1190. The number of hydrogen-bond acceptors (Lipinski definition) is 9. The van der Waals surface area contributed by atoms with Crippen molar-refractivity contribution in [3.63, 3.8) is 0 Å². The molecule has 0 aromatic carbocycles. The number of allylic oxidation sites excluding steroid dienone is 3. The summed E-state index contributed by atoms with van der Waals surface area (Å²) in [5.74, 6) is 0.940. The topological polar surface area (TPSA) is 128 Å². The van der Waals surface area contributed by atoms with E-state index in [2.05, 4.69) is 57.7 Å². The van der Waals surface area contributed by atoms with Gasteiger partial charge in [0, 0.05) is 78.5 Å². The molecule has 0 amide bonds. The molecular formula is C53H98N2O7. The summed E-state index contributed by atoms with van der Waals surface area (Å²) >= 11 is 0. The first-order chi connectivity index (χ1) is 29.4. The number of hydrogen-bond donors (Lipinski definition) is 2. The lowest BCUT2D eigenvalue weighted by atomic mass is 9.72. The fourth-order valence-electron chi connectivity index (χ4n) is 7.29. The van der Waals surface area contributed by atoms with Crippen molar-refractivity contribution in [1.82, 2.24) is 10.6 Å². The Morgan fingerprint density at radius 2 is 1.06 bits per heavy atom. The second kappa shape index (κ2) is 38.4. The van der Waals surface area contributed by atoms with Gasteiger partial charge in [-0.25, -0.2) is 4.79 Å². The quantitative estimate of drug-likeness (QED) is 0.0267. The molecule has 62 heavy (non-hydrogen) atoms. The Kier molecular flexibility index (Phi) is 37.9. The lowest BCUT2D eigenvalue weighted by Gasteiger charge is -2.33. The Balaban J connectivity index is -0.00000443. The van der Waals surface area contributed by atoms with Gasteiger partial charge in [-0.2, -0.15) is 0 Å². The first kappa shape index (κ1) is 61.1. The van der Waals surface area contributed by atoms with Gasteiger partial charge in [-0.15, -0.1) is 0 Å². The molecule has 362 valence electrons. The molecule has 0 aromatic rings. The molecule has 0 bridgehead atoms. The zero-order valence-corrected chi connectivity index (χ0v) is 41.5. The molecule has 0 aliphatic heterocycles. The average Bonchev–Trinajstić information content (AvgIpc) is 3.23. The molecule has 9 heteroatoms. The Labute approximate surface area is 383 Å². The van der Waals surface area contributed by atoms with Gasteiger partial charge >= 0.3 is 5.97 Å². The maximum atomic E-state index is 13.2. The number of ketones is 4. The van der Waals surface area contributed by atoms with E-state index >= 15 is 0 Å². The molecule has 9 nitrogen and oxygen atoms in total. The van der Waals surface area contributed by atoms with E-state index in [1.807, 2.05) is 27.7 Å². The SMILES string of the molecule is C=C(C)C(=C)CCCCCC(C)NCCC(=O)CCC(CC)(CCC(=O)CCCC(C)CCCCCC(=O)C(=C)C)CCC(=O)CCNC(C)COCCOC(=O)C(=C)C.CC.[HH].[HH]. The molecule has 0 heterocycles. The van der Waals surface area contributed by atoms with E-state index in [9.17, 15) is 24.0 Å². The van der Waals surface area contributed by atoms with Gasteiger partial charge in [0.2, 0.25) is 0 Å². The molecule has 0 aliphatic rings. The Morgan fingerprint density at radius 1 is 0.565 bits per heavy atom. The third kappa shape index (κ3) is 34.5. The highest BCUT2D eigenvalue weighted by molar-refractivity contribution is 5.94. The molecule has 0 spiro atoms. The van der Waals surface area contributed by atoms with Crippen LogP contribution >= 0.6 is 0 Å². The molecule has 0 saturated heterocycles. The molecule has 0 radical (unpaired) electrons. The standard InChI is InChI=1S/C51H88N2O7.C2H6.2H2/c1-12-51(31-26-46(54)24-19-21-42(8)20-15-13-18-25-49(57)40(4)5,32-27-47(55)29-34-52-44(10)23-17-14-16-22-43(9)39(2)3)33-28-48(56)30-35-53-45(11)38-59-36-37-60-50(58)41(6)7;1-2;;/h42,44-45,52-53H,2,4,6,9,12-38H2,1,3,5,7-8,10-11H3;1-2H3;2*1H. The van der Waals surface area contributed by atoms with Crippen LogP contribution in [0.2, 0.25) is 0 Å². The summed E-state index contributed by atoms with van der Waals surface area (Å²) in [5, 5.41) is 6.88. The van der Waals surface area contributed by atoms with E-state index in [0.29, 0.717) is 114 Å². The van der Waals surface area contributed by atoms with Crippen molar-refractivity contribution in [3.05, 3.63) is 48.6 Å². The van der Waals surface area contributed by atoms with Crippen molar-refractivity contribution in [2.45, 2.75) is 216 Å². The molecule has 0 saturated carbocycles. The van der Waals surface area contributed by atoms with Crippen LogP contribution in [0.3, 0.4) is 0 Å². The summed E-state index contributed by atoms with van der Waals surface area (Å²) in [4.78, 5) is 62.8. The molecule has 0 rings (SSSR count). The largest absolute Gasteiger partial charge is 0.460 e. The number of ether oxygens (including phenoxy) is 2. The van der Waals surface area contributed by atoms with Gasteiger partial charge in [0.15, 0.2) is 5.78 Å². The number of unbranched alkanes of at least 4 members (excludes halogenated alkanes) is 4. The van der Waals surface area contributed by atoms with Crippen LogP contribution in [0.4, 0.5) is 0 Å². The fraction of sp³-hybridized carbons (Fsp3) is 0.755. The highest BCUT2D eigenvalue weighted by Gasteiger charge is 2.30. The molecule has 4 unspecified atom stereocenters. The summed E-state index contributed by atoms with van der Waals surface area (Å²) < 4.78 is 10.6. The number of Topliss-reactive ketones (excluding diaryl/α,β-unsaturated/α-hetero) is 4. The average molecular weight is 875 g/mol. The number of esters is 1. The fourth-order valence-corrected chi connectivity index (χ4v) is 7.29. The molecule has 0 aliphatic carbocycles. The summed E-state index contributed by atoms with van der Waals surface area (Å²) in [6, 6.07) is 0.382. The maximum absolute atomic E-state index is 13.2. The van der Waals surface area contributed by atoms with Crippen LogP contribution in [0, 0.1) is 11.3 Å². The van der Waals surface area contributed by atoms with Crippen LogP contribution in [-0.2, 0) is 33.4 Å². The lowest BCUT2D eigenvalue weighted by Crippen LogP contribution is -2.33. The van der Waals surface area contributed by atoms with Crippen LogP contribution < -0.4 is 10.6 Å². The number of carbonyl (C=O) groups is 5. The Morgan fingerprint density at radius 3 is 1.58 bits per heavy atom. The van der Waals surface area contributed by atoms with E-state index in [1.165, 1.54) is 0 Å². The van der Waals surface area contributed by atoms with E-state index in [1.54, 1.807) is 13.8 Å². The van der Waals surface area contributed by atoms with Crippen molar-refractivity contribution < 1.29 is 36.3 Å². The number of rotatable bonds is 42. The zero-order chi connectivity index (χ0) is 47.3. The van der Waals surface area contributed by atoms with Crippen molar-refractivity contribution >= 4 is 29.1 Å². The van der Waals surface area contributed by atoms with E-state index in [0.717, 1.165) is 88.2 Å². The summed E-state index contributed by atoms with van der Waals surface area (Å²) in [5.41, 5.74) is 2.95. The third-order valence-electron chi connectivity index (χ3n) is 12.0. The second-order valence-electron chi connectivity index (χ2n) is 18.0. The van der Waals surface area contributed by atoms with Crippen LogP contribution in [0.25, 0.3) is 0 Å². The monoisotopic (exact) mass is 875 g/mol. The lowest BCUT2D eigenvalue weighted by molar-refractivity contribution is -0.140. The second-order valence-corrected chi connectivity index (χ2v) is 18.0.